The van der Waals surface area contributed by atoms with Gasteiger partial charge in [0.05, 0.1) is 12.7 Å². The summed E-state index contributed by atoms with van der Waals surface area (Å²) in [5.41, 5.74) is 2.23. The van der Waals surface area contributed by atoms with Crippen molar-refractivity contribution in [1.82, 2.24) is 15.8 Å². The van der Waals surface area contributed by atoms with Gasteiger partial charge < -0.3 is 25.0 Å². The molecule has 3 N–H and O–H groups in total. The first-order chi connectivity index (χ1) is 15.8. The molecule has 2 amide bonds. The summed E-state index contributed by atoms with van der Waals surface area (Å²) in [5, 5.41) is 18.2. The third-order valence-corrected chi connectivity index (χ3v) is 5.17. The van der Waals surface area contributed by atoms with Crippen LogP contribution < -0.4 is 10.6 Å². The monoisotopic (exact) mass is 471 g/mol. The molecule has 3 rings (SSSR count). The van der Waals surface area contributed by atoms with Crippen LogP contribution in [-0.4, -0.2) is 34.3 Å². The highest BCUT2D eigenvalue weighted by atomic mass is 35.5. The highest BCUT2D eigenvalue weighted by molar-refractivity contribution is 6.31. The number of carboxylic acid groups (broad SMARTS) is 1. The fourth-order valence-corrected chi connectivity index (χ4v) is 3.27. The highest BCUT2D eigenvalue weighted by Crippen LogP contribution is 2.26. The van der Waals surface area contributed by atoms with Crippen molar-refractivity contribution in [2.45, 2.75) is 32.5 Å². The third kappa shape index (κ3) is 6.11. The molecule has 9 nitrogen and oxygen atoms in total. The number of hydrogen-bond acceptors (Lipinski definition) is 6. The summed E-state index contributed by atoms with van der Waals surface area (Å²) in [6.07, 6.45) is 0.305. The number of aliphatic carboxylic acids is 1. The van der Waals surface area contributed by atoms with Crippen molar-refractivity contribution in [3.63, 3.8) is 0 Å². The Morgan fingerprint density at radius 1 is 1.12 bits per heavy atom. The molecule has 3 aromatic rings. The lowest BCUT2D eigenvalue weighted by Crippen LogP contribution is -2.38. The molecule has 2 unspecified atom stereocenters. The first-order valence-corrected chi connectivity index (χ1v) is 10.4. The Labute approximate surface area is 194 Å². The molecule has 0 saturated heterocycles. The number of rotatable bonds is 8. The summed E-state index contributed by atoms with van der Waals surface area (Å²) in [5.74, 6) is -1.22. The van der Waals surface area contributed by atoms with Crippen molar-refractivity contribution in [2.24, 2.45) is 0 Å². The normalized spacial score (nSPS) is 12.5. The van der Waals surface area contributed by atoms with E-state index in [9.17, 15) is 14.4 Å². The molecular formula is C23H22ClN3O6. The van der Waals surface area contributed by atoms with Gasteiger partial charge in [-0.15, -0.1) is 0 Å². The maximum atomic E-state index is 12.2. The number of benzene rings is 2. The largest absolute Gasteiger partial charge is 0.480 e. The molecule has 172 valence electrons. The second kappa shape index (κ2) is 10.6. The first kappa shape index (κ1) is 23.8. The fourth-order valence-electron chi connectivity index (χ4n) is 2.98. The van der Waals surface area contributed by atoms with Gasteiger partial charge in [-0.25, -0.2) is 4.79 Å². The predicted molar refractivity (Wildman–Crippen MR) is 120 cm³/mol. The van der Waals surface area contributed by atoms with E-state index in [1.165, 1.54) is 13.1 Å². The average Bonchev–Trinajstić information content (AvgIpc) is 3.26. The van der Waals surface area contributed by atoms with Crippen LogP contribution in [0.2, 0.25) is 5.02 Å². The van der Waals surface area contributed by atoms with Crippen LogP contribution in [0.25, 0.3) is 11.3 Å². The van der Waals surface area contributed by atoms with Crippen molar-refractivity contribution >= 4 is 29.6 Å². The molecule has 0 fully saturated rings. The Morgan fingerprint density at radius 3 is 2.48 bits per heavy atom. The van der Waals surface area contributed by atoms with Crippen LogP contribution in [0.1, 0.15) is 41.4 Å². The second-order valence-electron chi connectivity index (χ2n) is 7.21. The van der Waals surface area contributed by atoms with Crippen LogP contribution >= 0.6 is 11.6 Å². The molecular weight excluding hydrogens is 450 g/mol. The molecule has 0 aliphatic heterocycles. The summed E-state index contributed by atoms with van der Waals surface area (Å²) in [6.45, 7) is 3.20. The highest BCUT2D eigenvalue weighted by Gasteiger charge is 2.18. The maximum Gasteiger partial charge on any atom is 0.408 e. The Kier molecular flexibility index (Phi) is 7.68. The smallest absolute Gasteiger partial charge is 0.408 e. The number of halogens is 1. The summed E-state index contributed by atoms with van der Waals surface area (Å²) >= 11 is 6.14. The van der Waals surface area contributed by atoms with Gasteiger partial charge in [0.1, 0.15) is 12.1 Å². The second-order valence-corrected chi connectivity index (χ2v) is 7.62. The number of nitrogens with one attached hydrogen (secondary N) is 2. The van der Waals surface area contributed by atoms with Gasteiger partial charge in [0, 0.05) is 27.3 Å². The van der Waals surface area contributed by atoms with Crippen LogP contribution in [-0.2, 0) is 16.1 Å². The van der Waals surface area contributed by atoms with E-state index in [-0.39, 0.29) is 6.54 Å². The maximum absolute atomic E-state index is 12.2. The van der Waals surface area contributed by atoms with Crippen LogP contribution in [0.3, 0.4) is 0 Å². The Hall–Kier alpha value is -3.85. The van der Waals surface area contributed by atoms with Gasteiger partial charge in [-0.05, 0) is 32.0 Å². The molecule has 0 aliphatic rings. The zero-order valence-corrected chi connectivity index (χ0v) is 18.6. The average molecular weight is 472 g/mol. The number of carbonyl (C=O) groups excluding carboxylic acids is 2. The summed E-state index contributed by atoms with van der Waals surface area (Å²) in [4.78, 5) is 35.2. The predicted octanol–water partition coefficient (Wildman–Crippen LogP) is 4.19. The molecule has 33 heavy (non-hydrogen) atoms. The van der Waals surface area contributed by atoms with Gasteiger partial charge in [0.2, 0.25) is 0 Å². The molecule has 0 saturated carbocycles. The van der Waals surface area contributed by atoms with E-state index in [0.717, 1.165) is 0 Å². The van der Waals surface area contributed by atoms with Crippen LogP contribution in [0.15, 0.2) is 59.3 Å². The molecule has 10 heteroatoms. The van der Waals surface area contributed by atoms with Gasteiger partial charge in [-0.3, -0.25) is 9.59 Å². The number of alkyl carbamates (subject to hydrolysis) is 1. The number of carbonyl (C=O) groups is 3. The molecule has 2 aromatic carbocycles. The molecule has 1 aromatic heterocycles. The molecule has 0 bridgehead atoms. The Bertz CT molecular complexity index is 1150. The summed E-state index contributed by atoms with van der Waals surface area (Å²) < 4.78 is 10.7. The van der Waals surface area contributed by atoms with Gasteiger partial charge in [0.25, 0.3) is 5.91 Å². The van der Waals surface area contributed by atoms with E-state index in [2.05, 4.69) is 15.8 Å². The molecule has 0 spiro atoms. The molecule has 0 radical (unpaired) electrons. The van der Waals surface area contributed by atoms with Gasteiger partial charge in [0.15, 0.2) is 5.76 Å². The SMILES string of the molecule is CC(NC(=O)c1ccc(-c2oncc2CNC(=O)OC(C)c2ccccc2Cl)cc1)C(=O)O. The fraction of sp³-hybridized carbons (Fsp3) is 0.217. The molecule has 2 atom stereocenters. The van der Waals surface area contributed by atoms with Gasteiger partial charge in [-0.2, -0.15) is 0 Å². The van der Waals surface area contributed by atoms with E-state index in [1.54, 1.807) is 49.4 Å². The number of carboxylic acids is 1. The zero-order chi connectivity index (χ0) is 24.0. The minimum Gasteiger partial charge on any atom is -0.480 e. The van der Waals surface area contributed by atoms with Crippen LogP contribution in [0.5, 0.6) is 0 Å². The number of amides is 2. The minimum atomic E-state index is -1.13. The lowest BCUT2D eigenvalue weighted by atomic mass is 10.1. The Morgan fingerprint density at radius 2 is 1.82 bits per heavy atom. The van der Waals surface area contributed by atoms with E-state index >= 15 is 0 Å². The third-order valence-electron chi connectivity index (χ3n) is 4.82. The van der Waals surface area contributed by atoms with Crippen molar-refractivity contribution in [3.05, 3.63) is 76.4 Å². The topological polar surface area (TPSA) is 131 Å². The quantitative estimate of drug-likeness (QED) is 0.449. The number of nitrogens with zero attached hydrogens (tertiary/aromatic N) is 1. The van der Waals surface area contributed by atoms with E-state index in [1.807, 2.05) is 6.07 Å². The minimum absolute atomic E-state index is 0.102. The summed E-state index contributed by atoms with van der Waals surface area (Å²) in [6, 6.07) is 12.5. The van der Waals surface area contributed by atoms with Crippen LogP contribution in [0.4, 0.5) is 4.79 Å². The van der Waals surface area contributed by atoms with E-state index in [0.29, 0.717) is 33.0 Å². The van der Waals surface area contributed by atoms with Crippen molar-refractivity contribution in [2.75, 3.05) is 0 Å². The number of hydrogen-bond donors (Lipinski definition) is 3. The van der Waals surface area contributed by atoms with Crippen molar-refractivity contribution in [3.8, 4) is 11.3 Å². The Balaban J connectivity index is 1.60. The lowest BCUT2D eigenvalue weighted by molar-refractivity contribution is -0.138. The van der Waals surface area contributed by atoms with Crippen LogP contribution in [0, 0.1) is 0 Å². The van der Waals surface area contributed by atoms with Gasteiger partial charge in [-0.1, -0.05) is 47.1 Å². The summed E-state index contributed by atoms with van der Waals surface area (Å²) in [7, 11) is 0. The number of ether oxygens (including phenoxy) is 1. The first-order valence-electron chi connectivity index (χ1n) is 10.0. The van der Waals surface area contributed by atoms with E-state index in [4.69, 9.17) is 26.0 Å². The van der Waals surface area contributed by atoms with Gasteiger partial charge >= 0.3 is 12.1 Å². The number of aromatic nitrogens is 1. The molecule has 1 heterocycles. The van der Waals surface area contributed by atoms with Crippen molar-refractivity contribution < 1.29 is 28.8 Å². The van der Waals surface area contributed by atoms with E-state index < -0.39 is 30.1 Å². The standard InChI is InChI=1S/C23H22ClN3O6/c1-13(22(29)30)27-21(28)16-9-7-15(8-10-16)20-17(12-26-33-20)11-25-23(31)32-14(2)18-5-3-4-6-19(18)24/h3-10,12-14H,11H2,1-2H3,(H,25,31)(H,27,28)(H,29,30). The molecule has 0 aliphatic carbocycles. The lowest BCUT2D eigenvalue weighted by Gasteiger charge is -2.15. The zero-order valence-electron chi connectivity index (χ0n) is 17.9. The van der Waals surface area contributed by atoms with Crippen molar-refractivity contribution in [1.29, 1.82) is 0 Å².